The van der Waals surface area contributed by atoms with E-state index < -0.39 is 19.7 Å². The third kappa shape index (κ3) is 26.9. The van der Waals surface area contributed by atoms with Crippen molar-refractivity contribution in [3.05, 3.63) is 0 Å². The minimum Gasteiger partial charge on any atom is -0.229 e. The van der Waals surface area contributed by atoms with Crippen LogP contribution in [-0.4, -0.2) is 39.8 Å². The molecule has 0 radical (unpaired) electrons. The zero-order valence-corrected chi connectivity index (χ0v) is 25.9. The van der Waals surface area contributed by atoms with Gasteiger partial charge in [0, 0.05) is 0 Å². The van der Waals surface area contributed by atoms with E-state index in [1.165, 1.54) is 89.9 Å². The molecule has 0 aromatic carbocycles. The number of hydrogen-bond donors (Lipinski definition) is 0. The first-order valence-corrected chi connectivity index (χ1v) is 19.4. The Balaban J connectivity index is 3.56. The van der Waals surface area contributed by atoms with Crippen molar-refractivity contribution in [3.63, 3.8) is 0 Å². The van der Waals surface area contributed by atoms with Crippen LogP contribution in [0.25, 0.3) is 0 Å². The fourth-order valence-corrected chi connectivity index (χ4v) is 7.80. The van der Waals surface area contributed by atoms with Crippen LogP contribution in [0.1, 0.15) is 168 Å². The summed E-state index contributed by atoms with van der Waals surface area (Å²) in [7, 11) is -5.90. The summed E-state index contributed by atoms with van der Waals surface area (Å²) in [5.74, 6) is 1.15. The van der Waals surface area contributed by atoms with Crippen molar-refractivity contribution in [3.8, 4) is 0 Å². The van der Waals surface area contributed by atoms with E-state index in [4.69, 9.17) is 0 Å². The predicted molar refractivity (Wildman–Crippen MR) is 159 cm³/mol. The number of hydrogen-bond acceptors (Lipinski definition) is 4. The largest absolute Gasteiger partial charge is 0.229 e. The topological polar surface area (TPSA) is 68.3 Å². The second-order valence-electron chi connectivity index (χ2n) is 11.1. The quantitative estimate of drug-likeness (QED) is 0.0870. The van der Waals surface area contributed by atoms with E-state index in [0.717, 1.165) is 51.4 Å². The van der Waals surface area contributed by atoms with Crippen LogP contribution in [0.15, 0.2) is 0 Å². The lowest BCUT2D eigenvalue weighted by Crippen LogP contribution is -2.12. The maximum Gasteiger partial charge on any atom is 0.150 e. The van der Waals surface area contributed by atoms with Crippen molar-refractivity contribution in [2.75, 3.05) is 23.0 Å². The van der Waals surface area contributed by atoms with Gasteiger partial charge in [-0.3, -0.25) is 0 Å². The highest BCUT2D eigenvalue weighted by Gasteiger charge is 2.12. The van der Waals surface area contributed by atoms with Gasteiger partial charge in [-0.15, -0.1) is 0 Å². The molecule has 36 heavy (non-hydrogen) atoms. The Bertz CT molecular complexity index is 598. The van der Waals surface area contributed by atoms with Gasteiger partial charge < -0.3 is 0 Å². The van der Waals surface area contributed by atoms with Gasteiger partial charge in [-0.2, -0.15) is 0 Å². The van der Waals surface area contributed by atoms with E-state index >= 15 is 0 Å². The van der Waals surface area contributed by atoms with E-state index in [9.17, 15) is 16.8 Å². The summed E-state index contributed by atoms with van der Waals surface area (Å²) in [6.07, 6.45) is 27.2. The van der Waals surface area contributed by atoms with Crippen LogP contribution >= 0.6 is 0 Å². The lowest BCUT2D eigenvalue weighted by Gasteiger charge is -2.06. The van der Waals surface area contributed by atoms with Gasteiger partial charge in [0.1, 0.15) is 19.7 Å². The molecule has 0 saturated carbocycles. The van der Waals surface area contributed by atoms with E-state index in [0.29, 0.717) is 24.3 Å². The lowest BCUT2D eigenvalue weighted by molar-refractivity contribution is 0.555. The third-order valence-corrected chi connectivity index (χ3v) is 10.9. The van der Waals surface area contributed by atoms with E-state index in [1.807, 2.05) is 0 Å². The summed E-state index contributed by atoms with van der Waals surface area (Å²) in [6.45, 7) is 4.48. The van der Waals surface area contributed by atoms with Crippen molar-refractivity contribution in [2.45, 2.75) is 168 Å². The monoisotopic (exact) mass is 550 g/mol. The highest BCUT2D eigenvalue weighted by atomic mass is 32.2. The molecule has 0 unspecified atom stereocenters. The third-order valence-electron chi connectivity index (χ3n) is 7.28. The van der Waals surface area contributed by atoms with Gasteiger partial charge in [0.25, 0.3) is 0 Å². The molecule has 0 aromatic rings. The molecule has 0 saturated heterocycles. The zero-order chi connectivity index (χ0) is 26.8. The van der Waals surface area contributed by atoms with Crippen LogP contribution in [0.5, 0.6) is 0 Å². The molecule has 0 bridgehead atoms. The number of rotatable bonds is 29. The van der Waals surface area contributed by atoms with Gasteiger partial charge in [-0.05, 0) is 25.7 Å². The summed E-state index contributed by atoms with van der Waals surface area (Å²) >= 11 is 0. The highest BCUT2D eigenvalue weighted by Crippen LogP contribution is 2.13. The molecule has 6 heteroatoms. The molecule has 0 rings (SSSR count). The molecular formula is C30H62O4S2. The summed E-state index contributed by atoms with van der Waals surface area (Å²) in [5.41, 5.74) is 0. The molecule has 0 amide bonds. The molecule has 0 aliphatic carbocycles. The summed E-state index contributed by atoms with van der Waals surface area (Å²) in [4.78, 5) is 0. The SMILES string of the molecule is CCCCCCCCCCCCS(=O)(=O)CCCCCCS(=O)(=O)CCCCCCCCCCCC. The van der Waals surface area contributed by atoms with E-state index in [2.05, 4.69) is 13.8 Å². The molecule has 218 valence electrons. The van der Waals surface area contributed by atoms with Crippen molar-refractivity contribution in [1.29, 1.82) is 0 Å². The van der Waals surface area contributed by atoms with Crippen LogP contribution in [-0.2, 0) is 19.7 Å². The Morgan fingerprint density at radius 1 is 0.278 bits per heavy atom. The van der Waals surface area contributed by atoms with Crippen molar-refractivity contribution < 1.29 is 16.8 Å². The van der Waals surface area contributed by atoms with Crippen molar-refractivity contribution in [1.82, 2.24) is 0 Å². The normalized spacial score (nSPS) is 12.4. The fourth-order valence-electron chi connectivity index (χ4n) is 4.82. The molecule has 0 spiro atoms. The van der Waals surface area contributed by atoms with Crippen LogP contribution in [0.4, 0.5) is 0 Å². The van der Waals surface area contributed by atoms with Crippen molar-refractivity contribution >= 4 is 19.7 Å². The Morgan fingerprint density at radius 3 is 0.639 bits per heavy atom. The first kappa shape index (κ1) is 35.9. The summed E-state index contributed by atoms with van der Waals surface area (Å²) in [5, 5.41) is 0. The van der Waals surface area contributed by atoms with Gasteiger partial charge >= 0.3 is 0 Å². The zero-order valence-electron chi connectivity index (χ0n) is 24.2. The lowest BCUT2D eigenvalue weighted by atomic mass is 10.1. The second-order valence-corrected chi connectivity index (χ2v) is 15.7. The summed E-state index contributed by atoms with van der Waals surface area (Å²) < 4.78 is 48.9. The van der Waals surface area contributed by atoms with E-state index in [1.54, 1.807) is 0 Å². The summed E-state index contributed by atoms with van der Waals surface area (Å²) in [6, 6.07) is 0. The highest BCUT2D eigenvalue weighted by molar-refractivity contribution is 7.91. The number of sulfone groups is 2. The average Bonchev–Trinajstić information content (AvgIpc) is 2.83. The molecule has 0 heterocycles. The van der Waals surface area contributed by atoms with E-state index in [-0.39, 0.29) is 11.5 Å². The Labute approximate surface area is 227 Å². The maximum atomic E-state index is 12.2. The minimum absolute atomic E-state index is 0.260. The number of unbranched alkanes of at least 4 members (excludes halogenated alkanes) is 21. The van der Waals surface area contributed by atoms with Crippen LogP contribution in [0.3, 0.4) is 0 Å². The molecule has 4 nitrogen and oxygen atoms in total. The Kier molecular flexibility index (Phi) is 25.1. The maximum absolute atomic E-state index is 12.2. The van der Waals surface area contributed by atoms with Gasteiger partial charge in [-0.25, -0.2) is 16.8 Å². The first-order valence-electron chi connectivity index (χ1n) is 15.7. The van der Waals surface area contributed by atoms with Crippen LogP contribution in [0.2, 0.25) is 0 Å². The Morgan fingerprint density at radius 2 is 0.444 bits per heavy atom. The molecule has 0 fully saturated rings. The fraction of sp³-hybridized carbons (Fsp3) is 1.00. The van der Waals surface area contributed by atoms with Gasteiger partial charge in [0.15, 0.2) is 0 Å². The van der Waals surface area contributed by atoms with Gasteiger partial charge in [-0.1, -0.05) is 142 Å². The minimum atomic E-state index is -2.95. The molecule has 0 aliphatic heterocycles. The standard InChI is InChI=1S/C30H62O4S2/c1-3-5-7-9-11-13-15-17-19-23-27-35(31,32)29-25-21-22-26-30-36(33,34)28-24-20-18-16-14-12-10-8-6-4-2/h3-30H2,1-2H3. The van der Waals surface area contributed by atoms with Gasteiger partial charge in [0.05, 0.1) is 23.0 Å². The molecule has 0 atom stereocenters. The first-order chi connectivity index (χ1) is 17.3. The smallest absolute Gasteiger partial charge is 0.150 e. The molecule has 0 N–H and O–H groups in total. The molecule has 0 aliphatic rings. The van der Waals surface area contributed by atoms with Crippen molar-refractivity contribution in [2.24, 2.45) is 0 Å². The predicted octanol–water partition coefficient (Wildman–Crippen LogP) is 9.22. The molecular weight excluding hydrogens is 488 g/mol. The van der Waals surface area contributed by atoms with Crippen LogP contribution in [0, 0.1) is 0 Å². The Hall–Kier alpha value is -0.100. The van der Waals surface area contributed by atoms with Crippen LogP contribution < -0.4 is 0 Å². The molecule has 0 aromatic heterocycles. The average molecular weight is 551 g/mol. The van der Waals surface area contributed by atoms with Gasteiger partial charge in [0.2, 0.25) is 0 Å². The second kappa shape index (κ2) is 25.2.